The molecular formula is C15H13F2NO3. The second-order valence-corrected chi connectivity index (χ2v) is 4.43. The van der Waals surface area contributed by atoms with Crippen molar-refractivity contribution in [1.82, 2.24) is 0 Å². The zero-order valence-electron chi connectivity index (χ0n) is 10.9. The highest BCUT2D eigenvalue weighted by Gasteiger charge is 2.16. The lowest BCUT2D eigenvalue weighted by molar-refractivity contribution is 0.0695. The van der Waals surface area contributed by atoms with Crippen molar-refractivity contribution in [2.24, 2.45) is 0 Å². The van der Waals surface area contributed by atoms with E-state index in [1.807, 2.05) is 0 Å². The number of hydrogen-bond acceptors (Lipinski definition) is 3. The van der Waals surface area contributed by atoms with Crippen LogP contribution in [0.4, 0.5) is 14.5 Å². The molecule has 3 N–H and O–H groups in total. The molecule has 0 saturated heterocycles. The van der Waals surface area contributed by atoms with Gasteiger partial charge in [0.1, 0.15) is 17.3 Å². The van der Waals surface area contributed by atoms with Gasteiger partial charge in [-0.3, -0.25) is 0 Å². The highest BCUT2D eigenvalue weighted by atomic mass is 19.1. The Morgan fingerprint density at radius 1 is 1.14 bits per heavy atom. The molecule has 21 heavy (non-hydrogen) atoms. The van der Waals surface area contributed by atoms with Crippen molar-refractivity contribution in [2.45, 2.75) is 6.10 Å². The number of carbonyl (C=O) groups is 1. The lowest BCUT2D eigenvalue weighted by Gasteiger charge is -2.14. The number of carboxylic acids is 1. The summed E-state index contributed by atoms with van der Waals surface area (Å²) >= 11 is 0. The number of hydrogen-bond donors (Lipinski definition) is 3. The quantitative estimate of drug-likeness (QED) is 0.793. The molecule has 0 spiro atoms. The number of aliphatic hydroxyl groups is 1. The van der Waals surface area contributed by atoms with E-state index in [1.165, 1.54) is 0 Å². The number of rotatable bonds is 5. The Labute approximate surface area is 119 Å². The SMILES string of the molecule is O=C(O)c1cc(F)c(NCC(O)c2ccccc2)c(F)c1. The van der Waals surface area contributed by atoms with E-state index in [2.05, 4.69) is 5.32 Å². The van der Waals surface area contributed by atoms with Crippen LogP contribution in [-0.4, -0.2) is 22.7 Å². The number of nitrogens with one attached hydrogen (secondary N) is 1. The lowest BCUT2D eigenvalue weighted by Crippen LogP contribution is -2.14. The third kappa shape index (κ3) is 3.55. The first-order chi connectivity index (χ1) is 9.99. The van der Waals surface area contributed by atoms with Crippen LogP contribution in [0.25, 0.3) is 0 Å². The van der Waals surface area contributed by atoms with Crippen LogP contribution in [0.1, 0.15) is 22.0 Å². The smallest absolute Gasteiger partial charge is 0.335 e. The number of benzene rings is 2. The van der Waals surface area contributed by atoms with E-state index in [0.29, 0.717) is 5.56 Å². The maximum absolute atomic E-state index is 13.7. The molecule has 0 fully saturated rings. The number of aromatic carboxylic acids is 1. The fourth-order valence-corrected chi connectivity index (χ4v) is 1.86. The minimum absolute atomic E-state index is 0.107. The largest absolute Gasteiger partial charge is 0.478 e. The molecular weight excluding hydrogens is 280 g/mol. The second-order valence-electron chi connectivity index (χ2n) is 4.43. The van der Waals surface area contributed by atoms with Gasteiger partial charge in [0.15, 0.2) is 0 Å². The maximum Gasteiger partial charge on any atom is 0.335 e. The first-order valence-electron chi connectivity index (χ1n) is 6.18. The van der Waals surface area contributed by atoms with Crippen molar-refractivity contribution in [3.63, 3.8) is 0 Å². The van der Waals surface area contributed by atoms with E-state index in [4.69, 9.17) is 5.11 Å². The van der Waals surface area contributed by atoms with Gasteiger partial charge in [0, 0.05) is 6.54 Å². The summed E-state index contributed by atoms with van der Waals surface area (Å²) in [5.41, 5.74) is -0.331. The van der Waals surface area contributed by atoms with Gasteiger partial charge in [-0.15, -0.1) is 0 Å². The van der Waals surface area contributed by atoms with E-state index in [1.54, 1.807) is 30.3 Å². The standard InChI is InChI=1S/C15H13F2NO3/c16-11-6-10(15(20)21)7-12(17)14(11)18-8-13(19)9-4-2-1-3-5-9/h1-7,13,18-19H,8H2,(H,20,21). The summed E-state index contributed by atoms with van der Waals surface area (Å²) < 4.78 is 27.4. The zero-order valence-corrected chi connectivity index (χ0v) is 10.9. The van der Waals surface area contributed by atoms with Gasteiger partial charge in [0.05, 0.1) is 11.7 Å². The third-order valence-electron chi connectivity index (χ3n) is 2.95. The lowest BCUT2D eigenvalue weighted by atomic mass is 10.1. The molecule has 0 aliphatic rings. The summed E-state index contributed by atoms with van der Waals surface area (Å²) in [5, 5.41) is 21.1. The van der Waals surface area contributed by atoms with Gasteiger partial charge < -0.3 is 15.5 Å². The van der Waals surface area contributed by atoms with Crippen LogP contribution in [0.3, 0.4) is 0 Å². The van der Waals surface area contributed by atoms with Crippen LogP contribution in [0.15, 0.2) is 42.5 Å². The Hall–Kier alpha value is -2.47. The minimum atomic E-state index is -1.41. The molecule has 0 aliphatic heterocycles. The van der Waals surface area contributed by atoms with Crippen molar-refractivity contribution in [2.75, 3.05) is 11.9 Å². The van der Waals surface area contributed by atoms with E-state index < -0.39 is 35.0 Å². The van der Waals surface area contributed by atoms with Crippen molar-refractivity contribution in [1.29, 1.82) is 0 Å². The molecule has 2 rings (SSSR count). The van der Waals surface area contributed by atoms with Gasteiger partial charge in [-0.05, 0) is 17.7 Å². The normalized spacial score (nSPS) is 12.0. The zero-order chi connectivity index (χ0) is 15.4. The van der Waals surface area contributed by atoms with Crippen LogP contribution in [0.5, 0.6) is 0 Å². The summed E-state index contributed by atoms with van der Waals surface area (Å²) in [6, 6.07) is 10.1. The molecule has 4 nitrogen and oxygen atoms in total. The minimum Gasteiger partial charge on any atom is -0.478 e. The Morgan fingerprint density at radius 3 is 2.24 bits per heavy atom. The Morgan fingerprint density at radius 2 is 1.71 bits per heavy atom. The fourth-order valence-electron chi connectivity index (χ4n) is 1.86. The highest BCUT2D eigenvalue weighted by molar-refractivity contribution is 5.88. The van der Waals surface area contributed by atoms with Crippen molar-refractivity contribution in [3.8, 4) is 0 Å². The summed E-state index contributed by atoms with van der Waals surface area (Å²) in [6.07, 6.45) is -0.941. The van der Waals surface area contributed by atoms with Gasteiger partial charge in [0.2, 0.25) is 0 Å². The average Bonchev–Trinajstić information content (AvgIpc) is 2.46. The monoisotopic (exact) mass is 293 g/mol. The average molecular weight is 293 g/mol. The fraction of sp³-hybridized carbons (Fsp3) is 0.133. The number of aliphatic hydroxyl groups excluding tert-OH is 1. The predicted molar refractivity (Wildman–Crippen MR) is 73.2 cm³/mol. The molecule has 0 aromatic heterocycles. The Balaban J connectivity index is 2.12. The molecule has 0 heterocycles. The molecule has 0 aliphatic carbocycles. The van der Waals surface area contributed by atoms with Gasteiger partial charge in [-0.2, -0.15) is 0 Å². The maximum atomic E-state index is 13.7. The molecule has 1 unspecified atom stereocenters. The van der Waals surface area contributed by atoms with Crippen LogP contribution in [0.2, 0.25) is 0 Å². The van der Waals surface area contributed by atoms with Crippen molar-refractivity contribution < 1.29 is 23.8 Å². The van der Waals surface area contributed by atoms with Crippen LogP contribution >= 0.6 is 0 Å². The van der Waals surface area contributed by atoms with Crippen molar-refractivity contribution in [3.05, 3.63) is 65.2 Å². The molecule has 2 aromatic rings. The first kappa shape index (κ1) is 14.9. The topological polar surface area (TPSA) is 69.6 Å². The van der Waals surface area contributed by atoms with Crippen LogP contribution in [0, 0.1) is 11.6 Å². The molecule has 0 bridgehead atoms. The first-order valence-corrected chi connectivity index (χ1v) is 6.18. The Bertz CT molecular complexity index is 624. The van der Waals surface area contributed by atoms with Crippen LogP contribution in [-0.2, 0) is 0 Å². The van der Waals surface area contributed by atoms with Gasteiger partial charge in [0.25, 0.3) is 0 Å². The van der Waals surface area contributed by atoms with E-state index >= 15 is 0 Å². The van der Waals surface area contributed by atoms with E-state index in [-0.39, 0.29) is 6.54 Å². The summed E-state index contributed by atoms with van der Waals surface area (Å²) in [6.45, 7) is -0.107. The summed E-state index contributed by atoms with van der Waals surface area (Å²) in [4.78, 5) is 10.7. The number of halogens is 2. The second kappa shape index (κ2) is 6.32. The molecule has 0 saturated carbocycles. The molecule has 6 heteroatoms. The van der Waals surface area contributed by atoms with Gasteiger partial charge in [-0.25, -0.2) is 13.6 Å². The van der Waals surface area contributed by atoms with Gasteiger partial charge in [-0.1, -0.05) is 30.3 Å². The summed E-state index contributed by atoms with van der Waals surface area (Å²) in [5.74, 6) is -3.45. The van der Waals surface area contributed by atoms with E-state index in [0.717, 1.165) is 12.1 Å². The highest BCUT2D eigenvalue weighted by Crippen LogP contribution is 2.22. The molecule has 1 atom stereocenters. The van der Waals surface area contributed by atoms with Crippen molar-refractivity contribution >= 4 is 11.7 Å². The number of anilines is 1. The third-order valence-corrected chi connectivity index (χ3v) is 2.95. The molecule has 2 aromatic carbocycles. The predicted octanol–water partition coefficient (Wildman–Crippen LogP) is 2.81. The Kier molecular flexibility index (Phi) is 4.49. The summed E-state index contributed by atoms with van der Waals surface area (Å²) in [7, 11) is 0. The molecule has 0 amide bonds. The molecule has 110 valence electrons. The number of carboxylic acid groups (broad SMARTS) is 1. The molecule has 0 radical (unpaired) electrons. The van der Waals surface area contributed by atoms with Crippen LogP contribution < -0.4 is 5.32 Å². The van der Waals surface area contributed by atoms with Gasteiger partial charge >= 0.3 is 5.97 Å². The van der Waals surface area contributed by atoms with E-state index in [9.17, 15) is 18.7 Å².